The minimum Gasteiger partial charge on any atom is -0.491 e. The van der Waals surface area contributed by atoms with E-state index in [9.17, 15) is 0 Å². The number of benzene rings is 1. The van der Waals surface area contributed by atoms with Gasteiger partial charge in [-0.2, -0.15) is 0 Å². The summed E-state index contributed by atoms with van der Waals surface area (Å²) in [7, 11) is 2.20. The SMILES string of the molecule is CCCOc1cc(N(C)C2CCCCC2C)ccc1N. The lowest BCUT2D eigenvalue weighted by Crippen LogP contribution is -2.39. The number of nitrogen functional groups attached to an aromatic ring is 1. The highest BCUT2D eigenvalue weighted by Gasteiger charge is 2.25. The van der Waals surface area contributed by atoms with Crippen LogP contribution in [-0.4, -0.2) is 19.7 Å². The molecule has 1 aliphatic rings. The molecular formula is C17H28N2O. The Bertz CT molecular complexity index is 433. The van der Waals surface area contributed by atoms with Crippen LogP contribution >= 0.6 is 0 Å². The Morgan fingerprint density at radius 2 is 2.05 bits per heavy atom. The van der Waals surface area contributed by atoms with Gasteiger partial charge in [0.05, 0.1) is 12.3 Å². The summed E-state index contributed by atoms with van der Waals surface area (Å²) in [4.78, 5) is 2.40. The van der Waals surface area contributed by atoms with Crippen molar-refractivity contribution in [3.8, 4) is 5.75 Å². The molecule has 1 aromatic rings. The van der Waals surface area contributed by atoms with E-state index in [2.05, 4.69) is 37.9 Å². The maximum atomic E-state index is 5.99. The lowest BCUT2D eigenvalue weighted by molar-refractivity contribution is 0.315. The molecule has 1 fully saturated rings. The first-order valence-corrected chi connectivity index (χ1v) is 7.88. The van der Waals surface area contributed by atoms with Crippen LogP contribution in [0.4, 0.5) is 11.4 Å². The second-order valence-corrected chi connectivity index (χ2v) is 6.01. The first-order valence-electron chi connectivity index (χ1n) is 7.88. The van der Waals surface area contributed by atoms with Gasteiger partial charge in [-0.15, -0.1) is 0 Å². The normalized spacial score (nSPS) is 22.6. The number of anilines is 2. The summed E-state index contributed by atoms with van der Waals surface area (Å²) >= 11 is 0. The van der Waals surface area contributed by atoms with Crippen LogP contribution in [0.25, 0.3) is 0 Å². The van der Waals surface area contributed by atoms with E-state index in [4.69, 9.17) is 10.5 Å². The summed E-state index contributed by atoms with van der Waals surface area (Å²) in [5, 5.41) is 0. The van der Waals surface area contributed by atoms with Crippen molar-refractivity contribution in [1.82, 2.24) is 0 Å². The quantitative estimate of drug-likeness (QED) is 0.824. The first kappa shape index (κ1) is 15.0. The van der Waals surface area contributed by atoms with Crippen LogP contribution in [-0.2, 0) is 0 Å². The molecule has 2 atom stereocenters. The smallest absolute Gasteiger partial charge is 0.144 e. The second-order valence-electron chi connectivity index (χ2n) is 6.01. The molecule has 0 saturated heterocycles. The molecule has 0 amide bonds. The van der Waals surface area contributed by atoms with Gasteiger partial charge in [0.25, 0.3) is 0 Å². The summed E-state index contributed by atoms with van der Waals surface area (Å²) in [5.74, 6) is 1.57. The molecule has 0 aromatic heterocycles. The summed E-state index contributed by atoms with van der Waals surface area (Å²) in [6, 6.07) is 6.79. The minimum atomic E-state index is 0.631. The van der Waals surface area contributed by atoms with Crippen molar-refractivity contribution in [2.75, 3.05) is 24.3 Å². The number of rotatable bonds is 5. The lowest BCUT2D eigenvalue weighted by atomic mass is 9.85. The minimum absolute atomic E-state index is 0.631. The summed E-state index contributed by atoms with van der Waals surface area (Å²) in [6.07, 6.45) is 6.33. The van der Waals surface area contributed by atoms with Crippen molar-refractivity contribution in [2.24, 2.45) is 5.92 Å². The summed E-state index contributed by atoms with van der Waals surface area (Å²) < 4.78 is 5.74. The molecule has 1 aliphatic carbocycles. The Morgan fingerprint density at radius 1 is 1.30 bits per heavy atom. The zero-order valence-electron chi connectivity index (χ0n) is 13.1. The monoisotopic (exact) mass is 276 g/mol. The van der Waals surface area contributed by atoms with E-state index >= 15 is 0 Å². The van der Waals surface area contributed by atoms with Gasteiger partial charge in [0.1, 0.15) is 5.75 Å². The fourth-order valence-electron chi connectivity index (χ4n) is 3.14. The van der Waals surface area contributed by atoms with Crippen molar-refractivity contribution in [1.29, 1.82) is 0 Å². The van der Waals surface area contributed by atoms with Crippen LogP contribution < -0.4 is 15.4 Å². The Labute approximate surface area is 123 Å². The average molecular weight is 276 g/mol. The predicted molar refractivity (Wildman–Crippen MR) is 86.5 cm³/mol. The molecule has 0 radical (unpaired) electrons. The Balaban J connectivity index is 2.14. The molecule has 0 bridgehead atoms. The Hall–Kier alpha value is -1.38. The maximum Gasteiger partial charge on any atom is 0.144 e. The highest BCUT2D eigenvalue weighted by molar-refractivity contribution is 5.62. The number of nitrogens with zero attached hydrogens (tertiary/aromatic N) is 1. The van der Waals surface area contributed by atoms with Crippen molar-refractivity contribution >= 4 is 11.4 Å². The van der Waals surface area contributed by atoms with Crippen molar-refractivity contribution in [2.45, 2.75) is 52.0 Å². The van der Waals surface area contributed by atoms with Gasteiger partial charge in [0.15, 0.2) is 0 Å². The second kappa shape index (κ2) is 6.87. The Kier molecular flexibility index (Phi) is 5.16. The molecule has 2 rings (SSSR count). The van der Waals surface area contributed by atoms with Crippen LogP contribution in [0.3, 0.4) is 0 Å². The number of ether oxygens (including phenoxy) is 1. The largest absolute Gasteiger partial charge is 0.491 e. The van der Waals surface area contributed by atoms with Gasteiger partial charge in [0, 0.05) is 24.8 Å². The van der Waals surface area contributed by atoms with Crippen molar-refractivity contribution in [3.63, 3.8) is 0 Å². The summed E-state index contributed by atoms with van der Waals surface area (Å²) in [5.41, 5.74) is 7.93. The molecule has 2 unspecified atom stereocenters. The fraction of sp³-hybridized carbons (Fsp3) is 0.647. The van der Waals surface area contributed by atoms with Crippen LogP contribution in [0.15, 0.2) is 18.2 Å². The number of hydrogen-bond donors (Lipinski definition) is 1. The van der Waals surface area contributed by atoms with E-state index in [1.54, 1.807) is 0 Å². The molecule has 3 nitrogen and oxygen atoms in total. The molecule has 1 saturated carbocycles. The average Bonchev–Trinajstić information content (AvgIpc) is 2.46. The van der Waals surface area contributed by atoms with Gasteiger partial charge in [-0.05, 0) is 37.3 Å². The van der Waals surface area contributed by atoms with E-state index < -0.39 is 0 Å². The lowest BCUT2D eigenvalue weighted by Gasteiger charge is -2.37. The maximum absolute atomic E-state index is 5.99. The Morgan fingerprint density at radius 3 is 2.75 bits per heavy atom. The highest BCUT2D eigenvalue weighted by Crippen LogP contribution is 2.33. The van der Waals surface area contributed by atoms with E-state index in [1.165, 1.54) is 31.4 Å². The van der Waals surface area contributed by atoms with E-state index in [0.29, 0.717) is 6.04 Å². The van der Waals surface area contributed by atoms with Gasteiger partial charge in [-0.25, -0.2) is 0 Å². The van der Waals surface area contributed by atoms with Crippen molar-refractivity contribution < 1.29 is 4.74 Å². The standard InChI is InChI=1S/C17H28N2O/c1-4-11-20-17-12-14(9-10-15(17)18)19(3)16-8-6-5-7-13(16)2/h9-10,12-13,16H,4-8,11,18H2,1-3H3. The molecule has 20 heavy (non-hydrogen) atoms. The van der Waals surface area contributed by atoms with Gasteiger partial charge in [-0.1, -0.05) is 26.7 Å². The van der Waals surface area contributed by atoms with Gasteiger partial charge >= 0.3 is 0 Å². The first-order chi connectivity index (χ1) is 9.63. The third kappa shape index (κ3) is 3.38. The molecule has 0 heterocycles. The number of nitrogens with two attached hydrogens (primary N) is 1. The third-order valence-electron chi connectivity index (χ3n) is 4.43. The van der Waals surface area contributed by atoms with Gasteiger partial charge in [0.2, 0.25) is 0 Å². The molecule has 3 heteroatoms. The molecule has 112 valence electrons. The predicted octanol–water partition coefficient (Wildman–Crippen LogP) is 4.07. The molecule has 0 spiro atoms. The van der Waals surface area contributed by atoms with E-state index in [0.717, 1.165) is 30.4 Å². The number of hydrogen-bond acceptors (Lipinski definition) is 3. The topological polar surface area (TPSA) is 38.5 Å². The van der Waals surface area contributed by atoms with Crippen molar-refractivity contribution in [3.05, 3.63) is 18.2 Å². The fourth-order valence-corrected chi connectivity index (χ4v) is 3.14. The summed E-state index contributed by atoms with van der Waals surface area (Å²) in [6.45, 7) is 5.19. The molecular weight excluding hydrogens is 248 g/mol. The van der Waals surface area contributed by atoms with Crippen LogP contribution in [0.1, 0.15) is 46.0 Å². The zero-order chi connectivity index (χ0) is 14.5. The van der Waals surface area contributed by atoms with Crippen LogP contribution in [0, 0.1) is 5.92 Å². The van der Waals surface area contributed by atoms with E-state index in [1.807, 2.05) is 6.07 Å². The molecule has 2 N–H and O–H groups in total. The molecule has 0 aliphatic heterocycles. The van der Waals surface area contributed by atoms with Gasteiger partial charge < -0.3 is 15.4 Å². The highest BCUT2D eigenvalue weighted by atomic mass is 16.5. The molecule has 1 aromatic carbocycles. The van der Waals surface area contributed by atoms with E-state index in [-0.39, 0.29) is 0 Å². The zero-order valence-corrected chi connectivity index (χ0v) is 13.1. The third-order valence-corrected chi connectivity index (χ3v) is 4.43. The van der Waals surface area contributed by atoms with Gasteiger partial charge in [-0.3, -0.25) is 0 Å². The van der Waals surface area contributed by atoms with Crippen LogP contribution in [0.2, 0.25) is 0 Å². The van der Waals surface area contributed by atoms with Crippen LogP contribution in [0.5, 0.6) is 5.75 Å².